The number of thioether (sulfide) groups is 1. The second-order valence-electron chi connectivity index (χ2n) is 6.59. The van der Waals surface area contributed by atoms with E-state index in [1.54, 1.807) is 42.5 Å². The van der Waals surface area contributed by atoms with Gasteiger partial charge in [0.1, 0.15) is 11.1 Å². The lowest BCUT2D eigenvalue weighted by Crippen LogP contribution is -2.17. The third-order valence-corrected chi connectivity index (χ3v) is 5.51. The summed E-state index contributed by atoms with van der Waals surface area (Å²) >= 11 is 7.27. The molecule has 30 heavy (non-hydrogen) atoms. The maximum absolute atomic E-state index is 12.9. The summed E-state index contributed by atoms with van der Waals surface area (Å²) in [6.45, 7) is 3.68. The summed E-state index contributed by atoms with van der Waals surface area (Å²) in [5.74, 6) is -0.496. The number of nitrogens with zero attached hydrogens (tertiary/aromatic N) is 2. The molecule has 1 N–H and O–H groups in total. The molecule has 5 nitrogen and oxygen atoms in total. The number of aromatic nitrogens is 1. The number of aryl methyl sites for hydroxylation is 2. The van der Waals surface area contributed by atoms with Gasteiger partial charge in [-0.1, -0.05) is 53.7 Å². The van der Waals surface area contributed by atoms with Crippen molar-refractivity contribution in [1.29, 1.82) is 5.26 Å². The van der Waals surface area contributed by atoms with Gasteiger partial charge in [0.05, 0.1) is 17.0 Å². The lowest BCUT2D eigenvalue weighted by molar-refractivity contribution is -0.113. The van der Waals surface area contributed by atoms with Gasteiger partial charge in [0.15, 0.2) is 5.78 Å². The van der Waals surface area contributed by atoms with Crippen molar-refractivity contribution in [3.8, 4) is 6.07 Å². The number of ketones is 1. The van der Waals surface area contributed by atoms with Gasteiger partial charge in [0.25, 0.3) is 0 Å². The van der Waals surface area contributed by atoms with Gasteiger partial charge in [-0.25, -0.2) is 4.98 Å². The van der Waals surface area contributed by atoms with E-state index in [1.807, 2.05) is 26.0 Å². The normalized spacial score (nSPS) is 10.3. The van der Waals surface area contributed by atoms with Gasteiger partial charge in [-0.3, -0.25) is 9.59 Å². The van der Waals surface area contributed by atoms with E-state index in [-0.39, 0.29) is 17.4 Å². The predicted molar refractivity (Wildman–Crippen MR) is 119 cm³/mol. The molecule has 0 bridgehead atoms. The first-order chi connectivity index (χ1) is 14.4. The predicted octanol–water partition coefficient (Wildman–Crippen LogP) is 5.19. The summed E-state index contributed by atoms with van der Waals surface area (Å²) in [5, 5.41) is 13.1. The van der Waals surface area contributed by atoms with Crippen LogP contribution in [0, 0.1) is 25.2 Å². The SMILES string of the molecule is Cc1cc(C)c(C#N)c(SCC(=O)Nc2ccc(Cl)cc2C(=O)c2ccccc2)n1. The first-order valence-corrected chi connectivity index (χ1v) is 10.5. The van der Waals surface area contributed by atoms with E-state index in [9.17, 15) is 14.9 Å². The van der Waals surface area contributed by atoms with Crippen molar-refractivity contribution < 1.29 is 9.59 Å². The highest BCUT2D eigenvalue weighted by Crippen LogP contribution is 2.26. The molecule has 150 valence electrons. The van der Waals surface area contributed by atoms with Crippen LogP contribution in [0.1, 0.15) is 32.7 Å². The van der Waals surface area contributed by atoms with E-state index in [2.05, 4.69) is 16.4 Å². The summed E-state index contributed by atoms with van der Waals surface area (Å²) in [6.07, 6.45) is 0. The van der Waals surface area contributed by atoms with Gasteiger partial charge in [-0.05, 0) is 43.7 Å². The van der Waals surface area contributed by atoms with Crippen molar-refractivity contribution in [3.05, 3.63) is 87.6 Å². The molecule has 0 radical (unpaired) electrons. The highest BCUT2D eigenvalue weighted by molar-refractivity contribution is 8.00. The van der Waals surface area contributed by atoms with E-state index in [0.717, 1.165) is 11.3 Å². The van der Waals surface area contributed by atoms with Crippen LogP contribution in [0.25, 0.3) is 0 Å². The van der Waals surface area contributed by atoms with Crippen molar-refractivity contribution in [2.45, 2.75) is 18.9 Å². The Bertz CT molecular complexity index is 1160. The number of pyridine rings is 1. The number of nitriles is 1. The number of carbonyl (C=O) groups is 2. The fraction of sp³-hybridized carbons (Fsp3) is 0.130. The first-order valence-electron chi connectivity index (χ1n) is 9.09. The van der Waals surface area contributed by atoms with Crippen molar-refractivity contribution in [2.75, 3.05) is 11.1 Å². The molecule has 0 aliphatic heterocycles. The molecule has 0 atom stereocenters. The molecular formula is C23H18ClN3O2S. The van der Waals surface area contributed by atoms with Gasteiger partial charge in [0, 0.05) is 21.8 Å². The summed E-state index contributed by atoms with van der Waals surface area (Å²) in [4.78, 5) is 29.8. The molecule has 7 heteroatoms. The topological polar surface area (TPSA) is 82.9 Å². The smallest absolute Gasteiger partial charge is 0.234 e. The van der Waals surface area contributed by atoms with E-state index < -0.39 is 0 Å². The number of amides is 1. The van der Waals surface area contributed by atoms with Gasteiger partial charge in [-0.2, -0.15) is 5.26 Å². The maximum Gasteiger partial charge on any atom is 0.234 e. The van der Waals surface area contributed by atoms with E-state index in [1.165, 1.54) is 11.8 Å². The van der Waals surface area contributed by atoms with E-state index in [0.29, 0.717) is 32.4 Å². The van der Waals surface area contributed by atoms with Crippen molar-refractivity contribution in [1.82, 2.24) is 4.98 Å². The van der Waals surface area contributed by atoms with E-state index >= 15 is 0 Å². The molecule has 0 spiro atoms. The van der Waals surface area contributed by atoms with Crippen LogP contribution in [-0.4, -0.2) is 22.4 Å². The fourth-order valence-corrected chi connectivity index (χ4v) is 3.99. The molecule has 0 fully saturated rings. The standard InChI is InChI=1S/C23H18ClN3O2S/c1-14-10-15(2)26-23(19(14)12-25)30-13-21(28)27-20-9-8-17(24)11-18(20)22(29)16-6-4-3-5-7-16/h3-11H,13H2,1-2H3,(H,27,28). The Morgan fingerprint density at radius 3 is 2.57 bits per heavy atom. The van der Waals surface area contributed by atoms with Crippen molar-refractivity contribution >= 4 is 40.7 Å². The quantitative estimate of drug-likeness (QED) is 0.425. The highest BCUT2D eigenvalue weighted by Gasteiger charge is 2.17. The zero-order valence-electron chi connectivity index (χ0n) is 16.4. The number of nitrogens with one attached hydrogen (secondary N) is 1. The minimum Gasteiger partial charge on any atom is -0.325 e. The van der Waals surface area contributed by atoms with Crippen LogP contribution in [0.15, 0.2) is 59.6 Å². The average molecular weight is 436 g/mol. The van der Waals surface area contributed by atoms with Crippen LogP contribution >= 0.6 is 23.4 Å². The fourth-order valence-electron chi connectivity index (χ4n) is 2.92. The largest absolute Gasteiger partial charge is 0.325 e. The van der Waals surface area contributed by atoms with Crippen LogP contribution in [0.4, 0.5) is 5.69 Å². The Kier molecular flexibility index (Phi) is 6.88. The number of benzene rings is 2. The lowest BCUT2D eigenvalue weighted by atomic mass is 10.0. The Morgan fingerprint density at radius 2 is 1.87 bits per heavy atom. The Labute approximate surface area is 184 Å². The molecule has 3 rings (SSSR count). The zero-order chi connectivity index (χ0) is 21.7. The van der Waals surface area contributed by atoms with Crippen LogP contribution in [-0.2, 0) is 4.79 Å². The van der Waals surface area contributed by atoms with E-state index in [4.69, 9.17) is 11.6 Å². The molecular weight excluding hydrogens is 418 g/mol. The number of hydrogen-bond acceptors (Lipinski definition) is 5. The number of anilines is 1. The maximum atomic E-state index is 12.9. The molecule has 0 saturated carbocycles. The van der Waals surface area contributed by atoms with Crippen LogP contribution in [0.2, 0.25) is 5.02 Å². The highest BCUT2D eigenvalue weighted by atomic mass is 35.5. The summed E-state index contributed by atoms with van der Waals surface area (Å²) < 4.78 is 0. The minimum atomic E-state index is -0.311. The minimum absolute atomic E-state index is 0.0478. The molecule has 0 unspecified atom stereocenters. The van der Waals surface area contributed by atoms with Gasteiger partial charge < -0.3 is 5.32 Å². The second kappa shape index (κ2) is 9.57. The number of rotatable bonds is 6. The van der Waals surface area contributed by atoms with Crippen LogP contribution < -0.4 is 5.32 Å². The Morgan fingerprint density at radius 1 is 1.13 bits per heavy atom. The lowest BCUT2D eigenvalue weighted by Gasteiger charge is -2.12. The molecule has 1 amide bonds. The summed E-state index contributed by atoms with van der Waals surface area (Å²) in [6, 6.07) is 17.5. The molecule has 1 heterocycles. The third kappa shape index (κ3) is 5.07. The molecule has 0 aliphatic rings. The third-order valence-electron chi connectivity index (χ3n) is 4.30. The van der Waals surface area contributed by atoms with Crippen molar-refractivity contribution in [3.63, 3.8) is 0 Å². The second-order valence-corrected chi connectivity index (χ2v) is 7.99. The number of carbonyl (C=O) groups excluding carboxylic acids is 2. The van der Waals surface area contributed by atoms with Gasteiger partial charge in [-0.15, -0.1) is 0 Å². The summed E-state index contributed by atoms with van der Waals surface area (Å²) in [7, 11) is 0. The monoisotopic (exact) mass is 435 g/mol. The number of halogens is 1. The zero-order valence-corrected chi connectivity index (χ0v) is 18.0. The molecule has 3 aromatic rings. The van der Waals surface area contributed by atoms with Gasteiger partial charge >= 0.3 is 0 Å². The van der Waals surface area contributed by atoms with Crippen molar-refractivity contribution in [2.24, 2.45) is 0 Å². The number of hydrogen-bond donors (Lipinski definition) is 1. The molecule has 0 saturated heterocycles. The van der Waals surface area contributed by atoms with Crippen LogP contribution in [0.3, 0.4) is 0 Å². The average Bonchev–Trinajstić information content (AvgIpc) is 2.73. The summed E-state index contributed by atoms with van der Waals surface area (Å²) in [5.41, 5.74) is 3.26. The molecule has 1 aromatic heterocycles. The Hall–Kier alpha value is -3.14. The first kappa shape index (κ1) is 21.6. The van der Waals surface area contributed by atoms with Crippen LogP contribution in [0.5, 0.6) is 0 Å². The van der Waals surface area contributed by atoms with Gasteiger partial charge in [0.2, 0.25) is 5.91 Å². The molecule has 0 aliphatic carbocycles. The Balaban J connectivity index is 1.78. The molecule has 2 aromatic carbocycles.